The van der Waals surface area contributed by atoms with Crippen LogP contribution in [0.3, 0.4) is 0 Å². The van der Waals surface area contributed by atoms with Crippen LogP contribution in [0.2, 0.25) is 0 Å². The Morgan fingerprint density at radius 1 is 0.964 bits per heavy atom. The minimum Gasteiger partial charge on any atom is -0.315 e. The summed E-state index contributed by atoms with van der Waals surface area (Å²) in [6.07, 6.45) is 9.23. The van der Waals surface area contributed by atoms with Gasteiger partial charge in [0.2, 0.25) is 0 Å². The Labute approximate surface area is 166 Å². The molecule has 6 heteroatoms. The molecule has 2 aliphatic rings. The fourth-order valence-corrected chi connectivity index (χ4v) is 4.69. The Balaban J connectivity index is 1.24. The van der Waals surface area contributed by atoms with Crippen molar-refractivity contribution in [1.82, 2.24) is 29.9 Å². The second-order valence-electron chi connectivity index (χ2n) is 8.12. The van der Waals surface area contributed by atoms with E-state index in [-0.39, 0.29) is 0 Å². The lowest BCUT2D eigenvalue weighted by molar-refractivity contribution is 0.200. The fraction of sp³-hybridized carbons (Fsp3) is 0.500. The first-order valence-electron chi connectivity index (χ1n) is 10.6. The molecule has 0 amide bonds. The van der Waals surface area contributed by atoms with E-state index < -0.39 is 0 Å². The largest absolute Gasteiger partial charge is 0.315 e. The van der Waals surface area contributed by atoms with E-state index in [0.29, 0.717) is 5.92 Å². The Morgan fingerprint density at radius 3 is 2.68 bits per heavy atom. The molecule has 0 bridgehead atoms. The van der Waals surface area contributed by atoms with Gasteiger partial charge in [-0.3, -0.25) is 10.00 Å². The molecule has 28 heavy (non-hydrogen) atoms. The second kappa shape index (κ2) is 7.87. The minimum atomic E-state index is 0.550. The molecule has 0 atom stereocenters. The number of H-pyrrole nitrogens is 1. The van der Waals surface area contributed by atoms with Gasteiger partial charge in [0, 0.05) is 31.0 Å². The number of aromatic amines is 1. The van der Waals surface area contributed by atoms with E-state index in [0.717, 1.165) is 51.1 Å². The van der Waals surface area contributed by atoms with Crippen LogP contribution in [0.4, 0.5) is 0 Å². The van der Waals surface area contributed by atoms with Crippen molar-refractivity contribution in [3.05, 3.63) is 53.7 Å². The normalized spacial score (nSPS) is 18.7. The Morgan fingerprint density at radius 2 is 1.82 bits per heavy atom. The Hall–Kier alpha value is -2.47. The van der Waals surface area contributed by atoms with Crippen LogP contribution in [0.25, 0.3) is 11.3 Å². The highest BCUT2D eigenvalue weighted by atomic mass is 15.3. The number of rotatable bonds is 4. The maximum atomic E-state index is 4.60. The second-order valence-corrected chi connectivity index (χ2v) is 8.12. The zero-order valence-electron chi connectivity index (χ0n) is 16.3. The molecule has 0 spiro atoms. The third-order valence-corrected chi connectivity index (χ3v) is 6.27. The van der Waals surface area contributed by atoms with E-state index in [1.807, 2.05) is 6.20 Å². The molecule has 3 aromatic rings. The lowest BCUT2D eigenvalue weighted by Gasteiger charge is -2.31. The lowest BCUT2D eigenvalue weighted by atomic mass is 9.95. The predicted octanol–water partition coefficient (Wildman–Crippen LogP) is 3.77. The van der Waals surface area contributed by atoms with Crippen molar-refractivity contribution in [1.29, 1.82) is 0 Å². The number of benzene rings is 1. The number of nitrogens with zero attached hydrogens (tertiary/aromatic N) is 5. The van der Waals surface area contributed by atoms with Gasteiger partial charge in [-0.1, -0.05) is 36.8 Å². The first kappa shape index (κ1) is 17.6. The van der Waals surface area contributed by atoms with Crippen molar-refractivity contribution in [2.24, 2.45) is 0 Å². The first-order chi connectivity index (χ1) is 13.9. The predicted molar refractivity (Wildman–Crippen MR) is 109 cm³/mol. The van der Waals surface area contributed by atoms with Gasteiger partial charge in [0.15, 0.2) is 0 Å². The van der Waals surface area contributed by atoms with E-state index in [4.69, 9.17) is 0 Å². The fourth-order valence-electron chi connectivity index (χ4n) is 4.69. The van der Waals surface area contributed by atoms with Crippen molar-refractivity contribution in [2.45, 2.75) is 57.5 Å². The van der Waals surface area contributed by atoms with E-state index in [9.17, 15) is 0 Å². The summed E-state index contributed by atoms with van der Waals surface area (Å²) in [6.45, 7) is 4.26. The number of nitrogens with one attached hydrogen (secondary N) is 1. The summed E-state index contributed by atoms with van der Waals surface area (Å²) in [6, 6.07) is 10.5. The van der Waals surface area contributed by atoms with Crippen LogP contribution in [-0.2, 0) is 19.5 Å². The summed E-state index contributed by atoms with van der Waals surface area (Å²) in [5.74, 6) is 3.00. The molecule has 4 heterocycles. The SMILES string of the molecule is c1ccc(-c2[nH]ncc2CN2CCC(c3nnc4n3CCCCC4)CC2)cc1. The van der Waals surface area contributed by atoms with Gasteiger partial charge in [-0.05, 0) is 44.3 Å². The molecular formula is C22H28N6. The number of fused-ring (bicyclic) bond motifs is 1. The number of hydrogen-bond donors (Lipinski definition) is 1. The molecule has 1 aromatic carbocycles. The molecule has 1 fully saturated rings. The highest BCUT2D eigenvalue weighted by Gasteiger charge is 2.27. The van der Waals surface area contributed by atoms with Crippen molar-refractivity contribution < 1.29 is 0 Å². The van der Waals surface area contributed by atoms with E-state index >= 15 is 0 Å². The monoisotopic (exact) mass is 376 g/mol. The van der Waals surface area contributed by atoms with Crippen LogP contribution >= 0.6 is 0 Å². The average molecular weight is 377 g/mol. The maximum Gasteiger partial charge on any atom is 0.136 e. The summed E-state index contributed by atoms with van der Waals surface area (Å²) in [7, 11) is 0. The molecular weight excluding hydrogens is 348 g/mol. The summed E-state index contributed by atoms with van der Waals surface area (Å²) in [4.78, 5) is 2.55. The molecule has 2 aromatic heterocycles. The molecule has 1 N–H and O–H groups in total. The van der Waals surface area contributed by atoms with Crippen molar-refractivity contribution in [3.8, 4) is 11.3 Å². The molecule has 0 saturated carbocycles. The topological polar surface area (TPSA) is 62.6 Å². The molecule has 0 radical (unpaired) electrons. The van der Waals surface area contributed by atoms with E-state index in [1.54, 1.807) is 0 Å². The van der Waals surface area contributed by atoms with Crippen LogP contribution < -0.4 is 0 Å². The highest BCUT2D eigenvalue weighted by Crippen LogP contribution is 2.30. The van der Waals surface area contributed by atoms with Crippen LogP contribution in [-0.4, -0.2) is 43.0 Å². The van der Waals surface area contributed by atoms with Gasteiger partial charge in [0.05, 0.1) is 11.9 Å². The Kier molecular flexibility index (Phi) is 4.95. The van der Waals surface area contributed by atoms with Crippen LogP contribution in [0, 0.1) is 0 Å². The zero-order valence-corrected chi connectivity index (χ0v) is 16.3. The molecule has 1 saturated heterocycles. The molecule has 0 aliphatic carbocycles. The van der Waals surface area contributed by atoms with E-state index in [2.05, 4.69) is 60.2 Å². The summed E-state index contributed by atoms with van der Waals surface area (Å²) < 4.78 is 2.43. The summed E-state index contributed by atoms with van der Waals surface area (Å²) >= 11 is 0. The molecule has 146 valence electrons. The summed E-state index contributed by atoms with van der Waals surface area (Å²) in [5.41, 5.74) is 3.63. The van der Waals surface area contributed by atoms with Crippen LogP contribution in [0.15, 0.2) is 36.5 Å². The third kappa shape index (κ3) is 3.49. The van der Waals surface area contributed by atoms with Gasteiger partial charge in [-0.15, -0.1) is 10.2 Å². The van der Waals surface area contributed by atoms with Gasteiger partial charge in [0.1, 0.15) is 11.6 Å². The standard InChI is InChI=1S/C22H28N6/c1-3-7-17(8-4-1)21-19(15-23-25-21)16-27-13-10-18(11-14-27)22-26-24-20-9-5-2-6-12-28(20)22/h1,3-4,7-8,15,18H,2,5-6,9-14,16H2,(H,23,25). The number of aryl methyl sites for hydroxylation is 1. The van der Waals surface area contributed by atoms with E-state index in [1.165, 1.54) is 42.0 Å². The number of hydrogen-bond acceptors (Lipinski definition) is 4. The van der Waals surface area contributed by atoms with Crippen LogP contribution in [0.5, 0.6) is 0 Å². The smallest absolute Gasteiger partial charge is 0.136 e. The molecule has 6 nitrogen and oxygen atoms in total. The van der Waals surface area contributed by atoms with Gasteiger partial charge in [0.25, 0.3) is 0 Å². The quantitative estimate of drug-likeness (QED) is 0.753. The number of likely N-dealkylation sites (tertiary alicyclic amines) is 1. The van der Waals surface area contributed by atoms with Crippen molar-refractivity contribution >= 4 is 0 Å². The highest BCUT2D eigenvalue weighted by molar-refractivity contribution is 5.62. The molecule has 0 unspecified atom stereocenters. The first-order valence-corrected chi connectivity index (χ1v) is 10.6. The minimum absolute atomic E-state index is 0.550. The van der Waals surface area contributed by atoms with Gasteiger partial charge >= 0.3 is 0 Å². The van der Waals surface area contributed by atoms with Gasteiger partial charge < -0.3 is 4.57 Å². The molecule has 2 aliphatic heterocycles. The maximum absolute atomic E-state index is 4.60. The van der Waals surface area contributed by atoms with Crippen molar-refractivity contribution in [3.63, 3.8) is 0 Å². The van der Waals surface area contributed by atoms with Gasteiger partial charge in [-0.2, -0.15) is 5.10 Å². The average Bonchev–Trinajstić information content (AvgIpc) is 3.30. The Bertz CT molecular complexity index is 904. The zero-order chi connectivity index (χ0) is 18.8. The number of aromatic nitrogens is 5. The summed E-state index contributed by atoms with van der Waals surface area (Å²) in [5, 5.41) is 16.6. The third-order valence-electron chi connectivity index (χ3n) is 6.27. The number of piperidine rings is 1. The lowest BCUT2D eigenvalue weighted by Crippen LogP contribution is -2.33. The van der Waals surface area contributed by atoms with Gasteiger partial charge in [-0.25, -0.2) is 0 Å². The van der Waals surface area contributed by atoms with Crippen LogP contribution in [0.1, 0.15) is 55.2 Å². The van der Waals surface area contributed by atoms with Crippen molar-refractivity contribution in [2.75, 3.05) is 13.1 Å². The molecule has 5 rings (SSSR count).